The molecule has 1 amide bonds. The van der Waals surface area contributed by atoms with E-state index in [1.165, 1.54) is 19.3 Å². The molecule has 8 nitrogen and oxygen atoms in total. The summed E-state index contributed by atoms with van der Waals surface area (Å²) in [4.78, 5) is 25.8. The van der Waals surface area contributed by atoms with Gasteiger partial charge in [0, 0.05) is 42.7 Å². The number of aliphatic carboxylic acids is 1. The summed E-state index contributed by atoms with van der Waals surface area (Å²) in [6.45, 7) is 11.3. The number of ether oxygens (including phenoxy) is 2. The zero-order valence-corrected chi connectivity index (χ0v) is 24.6. The average Bonchev–Trinajstić information content (AvgIpc) is 3.16. The van der Waals surface area contributed by atoms with E-state index in [1.54, 1.807) is 6.07 Å². The van der Waals surface area contributed by atoms with Crippen molar-refractivity contribution in [2.24, 2.45) is 16.7 Å². The van der Waals surface area contributed by atoms with Gasteiger partial charge in [0.2, 0.25) is 5.91 Å². The first-order chi connectivity index (χ1) is 19.4. The predicted molar refractivity (Wildman–Crippen MR) is 156 cm³/mol. The van der Waals surface area contributed by atoms with Crippen LogP contribution in [0.15, 0.2) is 48.5 Å². The van der Waals surface area contributed by atoms with E-state index in [0.29, 0.717) is 22.6 Å². The number of carbonyl (C=O) groups is 2. The molecule has 1 saturated carbocycles. The molecule has 5 rings (SSSR count). The lowest BCUT2D eigenvalue weighted by Crippen LogP contribution is -2.46. The molecule has 0 aromatic heterocycles. The van der Waals surface area contributed by atoms with Crippen molar-refractivity contribution in [3.63, 3.8) is 0 Å². The first-order valence-corrected chi connectivity index (χ1v) is 14.8. The van der Waals surface area contributed by atoms with E-state index >= 15 is 0 Å². The van der Waals surface area contributed by atoms with E-state index in [9.17, 15) is 14.7 Å². The maximum atomic E-state index is 12.3. The van der Waals surface area contributed by atoms with Gasteiger partial charge in [-0.1, -0.05) is 64.1 Å². The van der Waals surface area contributed by atoms with Gasteiger partial charge >= 0.3 is 5.97 Å². The van der Waals surface area contributed by atoms with Crippen molar-refractivity contribution < 1.29 is 29.3 Å². The van der Waals surface area contributed by atoms with Crippen LogP contribution in [0.3, 0.4) is 0 Å². The highest BCUT2D eigenvalue weighted by molar-refractivity contribution is 5.92. The van der Waals surface area contributed by atoms with E-state index in [2.05, 4.69) is 37.9 Å². The molecule has 8 heteroatoms. The summed E-state index contributed by atoms with van der Waals surface area (Å²) in [5.41, 5.74) is 3.93. The van der Waals surface area contributed by atoms with E-state index in [4.69, 9.17) is 14.6 Å². The number of aliphatic hydroxyl groups is 1. The molecular weight excluding hydrogens is 520 g/mol. The van der Waals surface area contributed by atoms with Crippen LogP contribution in [-0.2, 0) is 25.7 Å². The Kier molecular flexibility index (Phi) is 8.58. The molecule has 3 aliphatic rings. The Morgan fingerprint density at radius 1 is 1.02 bits per heavy atom. The Morgan fingerprint density at radius 2 is 1.78 bits per heavy atom. The molecule has 6 atom stereocenters. The van der Waals surface area contributed by atoms with Crippen molar-refractivity contribution in [2.45, 2.75) is 90.9 Å². The molecule has 2 aliphatic heterocycles. The number of rotatable bonds is 9. The Balaban J connectivity index is 1.38. The van der Waals surface area contributed by atoms with Gasteiger partial charge in [-0.05, 0) is 53.4 Å². The Labute approximate surface area is 243 Å². The minimum Gasteiger partial charge on any atom is -0.481 e. The van der Waals surface area contributed by atoms with Crippen LogP contribution in [0.4, 0.5) is 5.69 Å². The van der Waals surface area contributed by atoms with Gasteiger partial charge in [-0.15, -0.1) is 0 Å². The fourth-order valence-electron chi connectivity index (χ4n) is 7.56. The first kappa shape index (κ1) is 29.7. The molecule has 0 radical (unpaired) electrons. The monoisotopic (exact) mass is 564 g/mol. The van der Waals surface area contributed by atoms with Crippen LogP contribution in [0.25, 0.3) is 0 Å². The van der Waals surface area contributed by atoms with Crippen LogP contribution in [-0.4, -0.2) is 52.2 Å². The minimum atomic E-state index is -1.00. The topological polar surface area (TPSA) is 108 Å². The molecule has 2 aromatic rings. The highest BCUT2D eigenvalue weighted by atomic mass is 16.7. The number of likely N-dealkylation sites (tertiary alicyclic amines) is 1. The molecule has 2 heterocycles. The van der Waals surface area contributed by atoms with Gasteiger partial charge in [-0.2, -0.15) is 0 Å². The summed E-state index contributed by atoms with van der Waals surface area (Å²) in [5, 5.41) is 21.3. The van der Waals surface area contributed by atoms with Crippen LogP contribution < -0.4 is 5.32 Å². The molecule has 0 spiro atoms. The average molecular weight is 565 g/mol. The van der Waals surface area contributed by atoms with E-state index in [1.807, 2.05) is 42.5 Å². The van der Waals surface area contributed by atoms with Crippen LogP contribution in [0, 0.1) is 16.7 Å². The second kappa shape index (κ2) is 11.8. The molecule has 2 unspecified atom stereocenters. The number of anilines is 1. The number of carboxylic acids is 1. The second-order valence-corrected chi connectivity index (χ2v) is 13.5. The van der Waals surface area contributed by atoms with Gasteiger partial charge < -0.3 is 25.0 Å². The van der Waals surface area contributed by atoms with Gasteiger partial charge in [-0.3, -0.25) is 14.5 Å². The van der Waals surface area contributed by atoms with Crippen molar-refractivity contribution in [3.8, 4) is 0 Å². The number of amides is 1. The van der Waals surface area contributed by atoms with E-state index in [-0.39, 0.29) is 43.5 Å². The van der Waals surface area contributed by atoms with Gasteiger partial charge in [0.15, 0.2) is 6.29 Å². The number of hydrogen-bond acceptors (Lipinski definition) is 6. The number of fused-ring (bicyclic) bond motifs is 2. The molecule has 222 valence electrons. The predicted octanol–water partition coefficient (Wildman–Crippen LogP) is 5.67. The fourth-order valence-corrected chi connectivity index (χ4v) is 7.56. The van der Waals surface area contributed by atoms with Crippen LogP contribution in [0.2, 0.25) is 0 Å². The van der Waals surface area contributed by atoms with Gasteiger partial charge in [0.25, 0.3) is 0 Å². The molecule has 2 saturated heterocycles. The normalized spacial score (nSPS) is 31.1. The number of carboxylic acid groups (broad SMARTS) is 1. The van der Waals surface area contributed by atoms with Crippen molar-refractivity contribution in [1.29, 1.82) is 0 Å². The molecule has 41 heavy (non-hydrogen) atoms. The summed E-state index contributed by atoms with van der Waals surface area (Å²) in [5.74, 6) is -1.26. The van der Waals surface area contributed by atoms with Crippen molar-refractivity contribution in [3.05, 3.63) is 65.2 Å². The molecule has 3 fully saturated rings. The quantitative estimate of drug-likeness (QED) is 0.360. The summed E-state index contributed by atoms with van der Waals surface area (Å²) < 4.78 is 13.3. The standard InChI is InChI=1S/C33H44N2O6/c1-21-27(17-35-20-33(4)16-26(35)15-32(2,3)19-33)40-31(41-30(21)23-10-8-22(18-36)9-11-23)24-6-5-7-25(14-24)34-28(37)12-13-29(38)39/h5-11,14,21,26-27,30-31,36H,12-13,15-20H2,1-4H3,(H,34,37)(H,38,39)/t21-,26?,27+,30+,31+,33?/m0/s1. The third-order valence-corrected chi connectivity index (χ3v) is 9.07. The third-order valence-electron chi connectivity index (χ3n) is 9.07. The molecule has 1 aliphatic carbocycles. The van der Waals surface area contributed by atoms with Crippen molar-refractivity contribution >= 4 is 17.6 Å². The van der Waals surface area contributed by atoms with Gasteiger partial charge in [0.1, 0.15) is 0 Å². The largest absolute Gasteiger partial charge is 0.481 e. The highest BCUT2D eigenvalue weighted by Crippen LogP contribution is 2.53. The lowest BCUT2D eigenvalue weighted by Gasteiger charge is -2.43. The Hall–Kier alpha value is -2.78. The number of carbonyl (C=O) groups excluding carboxylic acids is 1. The first-order valence-electron chi connectivity index (χ1n) is 14.8. The zero-order valence-electron chi connectivity index (χ0n) is 24.6. The second-order valence-electron chi connectivity index (χ2n) is 13.5. The van der Waals surface area contributed by atoms with Gasteiger partial charge in [0.05, 0.1) is 25.2 Å². The summed E-state index contributed by atoms with van der Waals surface area (Å²) in [6.07, 6.45) is 2.43. The van der Waals surface area contributed by atoms with Crippen LogP contribution >= 0.6 is 0 Å². The van der Waals surface area contributed by atoms with Crippen molar-refractivity contribution in [2.75, 3.05) is 18.4 Å². The number of benzene rings is 2. The van der Waals surface area contributed by atoms with E-state index < -0.39 is 12.3 Å². The van der Waals surface area contributed by atoms with E-state index in [0.717, 1.165) is 29.8 Å². The maximum absolute atomic E-state index is 12.3. The number of nitrogens with zero attached hydrogens (tertiary/aromatic N) is 1. The Morgan fingerprint density at radius 3 is 2.49 bits per heavy atom. The zero-order chi connectivity index (χ0) is 29.4. The maximum Gasteiger partial charge on any atom is 0.303 e. The van der Waals surface area contributed by atoms with Crippen LogP contribution in [0.1, 0.15) is 88.9 Å². The smallest absolute Gasteiger partial charge is 0.303 e. The Bertz CT molecular complexity index is 1250. The summed E-state index contributed by atoms with van der Waals surface area (Å²) >= 11 is 0. The highest BCUT2D eigenvalue weighted by Gasteiger charge is 2.51. The summed E-state index contributed by atoms with van der Waals surface area (Å²) in [6, 6.07) is 15.9. The molecule has 2 aromatic carbocycles. The number of hydrogen-bond donors (Lipinski definition) is 3. The fraction of sp³-hybridized carbons (Fsp3) is 0.576. The summed E-state index contributed by atoms with van der Waals surface area (Å²) in [7, 11) is 0. The number of nitrogens with one attached hydrogen (secondary N) is 1. The lowest BCUT2D eigenvalue weighted by atomic mass is 9.65. The lowest BCUT2D eigenvalue weighted by molar-refractivity contribution is -0.276. The van der Waals surface area contributed by atoms with Crippen molar-refractivity contribution in [1.82, 2.24) is 4.90 Å². The third kappa shape index (κ3) is 7.00. The minimum absolute atomic E-state index is 0.00778. The number of aliphatic hydroxyl groups excluding tert-OH is 1. The molecule has 2 bridgehead atoms. The SMILES string of the molecule is C[C@H]1[C@@H](CN2CC3(C)CC2CC(C)(C)C3)O[C@@H](c2cccc(NC(=O)CCC(=O)O)c2)O[C@H]1c1ccc(CO)cc1. The van der Waals surface area contributed by atoms with Crippen LogP contribution in [0.5, 0.6) is 0 Å². The molecule has 3 N–H and O–H groups in total. The molecular formula is C33H44N2O6. The van der Waals surface area contributed by atoms with Gasteiger partial charge in [-0.25, -0.2) is 0 Å².